The number of hydrogen-bond acceptors (Lipinski definition) is 3. The summed E-state index contributed by atoms with van der Waals surface area (Å²) in [5, 5.41) is 0. The fourth-order valence-electron chi connectivity index (χ4n) is 1.85. The standard InChI is InChI=1S/C14H27NO3/c1-8-11(9-10-16)15(13(2,3)4)12(17)18-14(5,6)7/h10-11H,8-9H2,1-7H3. The van der Waals surface area contributed by atoms with Gasteiger partial charge in [-0.1, -0.05) is 6.92 Å². The summed E-state index contributed by atoms with van der Waals surface area (Å²) in [6, 6.07) is -0.114. The lowest BCUT2D eigenvalue weighted by molar-refractivity contribution is -0.109. The third kappa shape index (κ3) is 5.52. The Morgan fingerprint density at radius 3 is 2.00 bits per heavy atom. The van der Waals surface area contributed by atoms with Crippen LogP contribution >= 0.6 is 0 Å². The van der Waals surface area contributed by atoms with Crippen LogP contribution in [-0.2, 0) is 9.53 Å². The van der Waals surface area contributed by atoms with Crippen molar-refractivity contribution in [3.05, 3.63) is 0 Å². The molecule has 0 saturated heterocycles. The molecule has 1 atom stereocenters. The van der Waals surface area contributed by atoms with Crippen molar-refractivity contribution in [1.29, 1.82) is 0 Å². The molecule has 1 amide bonds. The fraction of sp³-hybridized carbons (Fsp3) is 0.857. The molecule has 0 spiro atoms. The van der Waals surface area contributed by atoms with Crippen molar-refractivity contribution in [1.82, 2.24) is 4.90 Å². The molecule has 0 aromatic carbocycles. The average molecular weight is 257 g/mol. The molecule has 0 aliphatic carbocycles. The van der Waals surface area contributed by atoms with Crippen LogP contribution in [-0.4, -0.2) is 34.5 Å². The van der Waals surface area contributed by atoms with Crippen LogP contribution in [0.5, 0.6) is 0 Å². The summed E-state index contributed by atoms with van der Waals surface area (Å²) >= 11 is 0. The average Bonchev–Trinajstić information content (AvgIpc) is 2.11. The number of amides is 1. The van der Waals surface area contributed by atoms with Crippen molar-refractivity contribution in [2.45, 2.75) is 78.5 Å². The molecule has 0 aromatic heterocycles. The summed E-state index contributed by atoms with van der Waals surface area (Å²) in [5.74, 6) is 0. The van der Waals surface area contributed by atoms with Gasteiger partial charge < -0.3 is 9.53 Å². The van der Waals surface area contributed by atoms with E-state index in [4.69, 9.17) is 4.74 Å². The van der Waals surface area contributed by atoms with Gasteiger partial charge in [-0.2, -0.15) is 0 Å². The maximum atomic E-state index is 12.3. The molecule has 4 nitrogen and oxygen atoms in total. The minimum atomic E-state index is -0.528. The molecule has 0 bridgehead atoms. The van der Waals surface area contributed by atoms with Crippen LogP contribution in [0.25, 0.3) is 0 Å². The molecule has 0 aliphatic heterocycles. The molecule has 0 rings (SSSR count). The largest absolute Gasteiger partial charge is 0.444 e. The SMILES string of the molecule is CCC(CC=O)N(C(=O)OC(C)(C)C)C(C)(C)C. The van der Waals surface area contributed by atoms with Crippen LogP contribution in [0.4, 0.5) is 4.79 Å². The lowest BCUT2D eigenvalue weighted by Crippen LogP contribution is -2.53. The Morgan fingerprint density at radius 2 is 1.72 bits per heavy atom. The van der Waals surface area contributed by atoms with E-state index in [9.17, 15) is 9.59 Å². The highest BCUT2D eigenvalue weighted by atomic mass is 16.6. The summed E-state index contributed by atoms with van der Waals surface area (Å²) in [6.07, 6.45) is 1.57. The highest BCUT2D eigenvalue weighted by Crippen LogP contribution is 2.24. The monoisotopic (exact) mass is 257 g/mol. The predicted octanol–water partition coefficient (Wildman–Crippen LogP) is 3.39. The Kier molecular flexibility index (Phi) is 5.84. The zero-order chi connectivity index (χ0) is 14.6. The third-order valence-corrected chi connectivity index (χ3v) is 2.52. The predicted molar refractivity (Wildman–Crippen MR) is 72.6 cm³/mol. The van der Waals surface area contributed by atoms with E-state index >= 15 is 0 Å². The van der Waals surface area contributed by atoms with Crippen molar-refractivity contribution in [3.63, 3.8) is 0 Å². The molecule has 4 heteroatoms. The second-order valence-corrected chi connectivity index (χ2v) is 6.49. The van der Waals surface area contributed by atoms with Gasteiger partial charge in [0.15, 0.2) is 0 Å². The van der Waals surface area contributed by atoms with Crippen LogP contribution in [0.2, 0.25) is 0 Å². The van der Waals surface area contributed by atoms with E-state index in [1.807, 2.05) is 48.5 Å². The first-order valence-corrected chi connectivity index (χ1v) is 6.49. The first kappa shape index (κ1) is 16.9. The molecule has 106 valence electrons. The molecule has 1 unspecified atom stereocenters. The van der Waals surface area contributed by atoms with Gasteiger partial charge in [-0.05, 0) is 48.0 Å². The van der Waals surface area contributed by atoms with Gasteiger partial charge in [0.25, 0.3) is 0 Å². The molecule has 0 fully saturated rings. The van der Waals surface area contributed by atoms with Gasteiger partial charge in [0.1, 0.15) is 11.9 Å². The Hall–Kier alpha value is -1.06. The molecule has 0 heterocycles. The quantitative estimate of drug-likeness (QED) is 0.725. The highest BCUT2D eigenvalue weighted by Gasteiger charge is 2.35. The normalized spacial score (nSPS) is 13.9. The number of rotatable bonds is 4. The Morgan fingerprint density at radius 1 is 1.22 bits per heavy atom. The van der Waals surface area contributed by atoms with Crippen LogP contribution in [0.1, 0.15) is 61.3 Å². The van der Waals surface area contributed by atoms with E-state index in [2.05, 4.69) is 0 Å². The first-order valence-electron chi connectivity index (χ1n) is 6.49. The van der Waals surface area contributed by atoms with E-state index < -0.39 is 5.60 Å². The zero-order valence-corrected chi connectivity index (χ0v) is 12.7. The lowest BCUT2D eigenvalue weighted by atomic mass is 10.0. The summed E-state index contributed by atoms with van der Waals surface area (Å²) in [5.41, 5.74) is -0.897. The van der Waals surface area contributed by atoms with Gasteiger partial charge in [0.05, 0.1) is 0 Å². The van der Waals surface area contributed by atoms with Gasteiger partial charge in [0, 0.05) is 18.0 Å². The van der Waals surface area contributed by atoms with Gasteiger partial charge in [-0.15, -0.1) is 0 Å². The number of carbonyl (C=O) groups excluding carboxylic acids is 2. The van der Waals surface area contributed by atoms with Gasteiger partial charge in [-0.25, -0.2) is 4.79 Å². The minimum absolute atomic E-state index is 0.114. The second-order valence-electron chi connectivity index (χ2n) is 6.49. The summed E-state index contributed by atoms with van der Waals surface area (Å²) < 4.78 is 5.43. The summed E-state index contributed by atoms with van der Waals surface area (Å²) in [6.45, 7) is 13.3. The van der Waals surface area contributed by atoms with Crippen LogP contribution in [0.15, 0.2) is 0 Å². The molecule has 0 aromatic rings. The van der Waals surface area contributed by atoms with Crippen molar-refractivity contribution < 1.29 is 14.3 Å². The van der Waals surface area contributed by atoms with Crippen molar-refractivity contribution in [2.75, 3.05) is 0 Å². The number of hydrogen-bond donors (Lipinski definition) is 0. The molecule has 0 aliphatic rings. The van der Waals surface area contributed by atoms with E-state index in [0.717, 1.165) is 12.7 Å². The van der Waals surface area contributed by atoms with Crippen LogP contribution < -0.4 is 0 Å². The third-order valence-electron chi connectivity index (χ3n) is 2.52. The van der Waals surface area contributed by atoms with Crippen molar-refractivity contribution >= 4 is 12.4 Å². The maximum absolute atomic E-state index is 12.3. The lowest BCUT2D eigenvalue weighted by Gasteiger charge is -2.41. The Labute approximate surface area is 111 Å². The molecular formula is C14H27NO3. The van der Waals surface area contributed by atoms with E-state index in [0.29, 0.717) is 6.42 Å². The smallest absolute Gasteiger partial charge is 0.410 e. The summed E-state index contributed by atoms with van der Waals surface area (Å²) in [4.78, 5) is 24.7. The van der Waals surface area contributed by atoms with Crippen molar-refractivity contribution in [2.24, 2.45) is 0 Å². The maximum Gasteiger partial charge on any atom is 0.410 e. The van der Waals surface area contributed by atoms with Gasteiger partial charge in [-0.3, -0.25) is 4.90 Å². The Bertz CT molecular complexity index is 286. The van der Waals surface area contributed by atoms with Crippen molar-refractivity contribution in [3.8, 4) is 0 Å². The van der Waals surface area contributed by atoms with E-state index in [1.165, 1.54) is 0 Å². The molecule has 18 heavy (non-hydrogen) atoms. The number of carbonyl (C=O) groups is 2. The number of aldehydes is 1. The molecule has 0 N–H and O–H groups in total. The second kappa shape index (κ2) is 6.21. The highest BCUT2D eigenvalue weighted by molar-refractivity contribution is 5.70. The van der Waals surface area contributed by atoms with Gasteiger partial charge in [0.2, 0.25) is 0 Å². The molecular weight excluding hydrogens is 230 g/mol. The molecule has 0 saturated carbocycles. The minimum Gasteiger partial charge on any atom is -0.444 e. The number of ether oxygens (including phenoxy) is 1. The fourth-order valence-corrected chi connectivity index (χ4v) is 1.85. The topological polar surface area (TPSA) is 46.6 Å². The van der Waals surface area contributed by atoms with Crippen LogP contribution in [0, 0.1) is 0 Å². The first-order chi connectivity index (χ1) is 8.03. The van der Waals surface area contributed by atoms with E-state index in [1.54, 1.807) is 4.90 Å². The number of nitrogens with zero attached hydrogens (tertiary/aromatic N) is 1. The molecule has 0 radical (unpaired) electrons. The van der Waals surface area contributed by atoms with E-state index in [-0.39, 0.29) is 17.7 Å². The zero-order valence-electron chi connectivity index (χ0n) is 12.7. The Balaban J connectivity index is 5.11. The van der Waals surface area contributed by atoms with Crippen LogP contribution in [0.3, 0.4) is 0 Å². The summed E-state index contributed by atoms with van der Waals surface area (Å²) in [7, 11) is 0. The van der Waals surface area contributed by atoms with Gasteiger partial charge >= 0.3 is 6.09 Å².